The lowest BCUT2D eigenvalue weighted by molar-refractivity contribution is -0.177. The topological polar surface area (TPSA) is 53.5 Å². The predicted molar refractivity (Wildman–Crippen MR) is 112 cm³/mol. The van der Waals surface area contributed by atoms with Crippen LogP contribution in [0.1, 0.15) is 46.7 Å². The Labute approximate surface area is 169 Å². The third-order valence-electron chi connectivity index (χ3n) is 3.71. The van der Waals surface area contributed by atoms with Crippen molar-refractivity contribution in [3.8, 4) is 22.2 Å². The summed E-state index contributed by atoms with van der Waals surface area (Å²) in [6.45, 7) is 8.20. The van der Waals surface area contributed by atoms with E-state index in [1.54, 1.807) is 17.4 Å². The van der Waals surface area contributed by atoms with E-state index in [1.807, 2.05) is 26.0 Å². The first-order chi connectivity index (χ1) is 12.4. The van der Waals surface area contributed by atoms with Crippen LogP contribution in [0.25, 0.3) is 21.6 Å². The van der Waals surface area contributed by atoms with Crippen molar-refractivity contribution in [2.75, 3.05) is 7.11 Å². The molecule has 0 saturated heterocycles. The summed E-state index contributed by atoms with van der Waals surface area (Å²) in [4.78, 5) is 19.3. The summed E-state index contributed by atoms with van der Waals surface area (Å²) < 4.78 is 6.00. The van der Waals surface area contributed by atoms with Crippen LogP contribution in [0, 0.1) is 0 Å². The highest BCUT2D eigenvalue weighted by molar-refractivity contribution is 7.13. The number of aromatic nitrogens is 2. The number of halogens is 1. The first-order valence-corrected chi connectivity index (χ1v) is 9.62. The van der Waals surface area contributed by atoms with Gasteiger partial charge in [-0.3, -0.25) is 0 Å². The number of thiazole rings is 1. The fourth-order valence-electron chi connectivity index (χ4n) is 2.49. The highest BCUT2D eigenvalue weighted by Crippen LogP contribution is 2.39. The standard InChI is InChI=1S/C19H21ClN2O3S.CH4/c1-10(2)14-9-26-19(22-14)13-8-16(24-11(3)4)12-6-7-15(25-23-5)17(20)18(12)21-13;/h6-11H,1-5H3;1H4. The Kier molecular flexibility index (Phi) is 7.03. The highest BCUT2D eigenvalue weighted by atomic mass is 35.5. The van der Waals surface area contributed by atoms with E-state index in [9.17, 15) is 0 Å². The third kappa shape index (κ3) is 4.51. The maximum Gasteiger partial charge on any atom is 0.186 e. The number of ether oxygens (including phenoxy) is 1. The maximum absolute atomic E-state index is 6.50. The minimum atomic E-state index is 0. The molecule has 0 saturated carbocycles. The largest absolute Gasteiger partial charge is 0.490 e. The fraction of sp³-hybridized carbons (Fsp3) is 0.400. The molecule has 0 fully saturated rings. The molecule has 1 aromatic carbocycles. The van der Waals surface area contributed by atoms with Crippen molar-refractivity contribution >= 4 is 33.8 Å². The average molecular weight is 409 g/mol. The van der Waals surface area contributed by atoms with Gasteiger partial charge in [-0.05, 0) is 31.9 Å². The van der Waals surface area contributed by atoms with Crippen molar-refractivity contribution in [2.45, 2.75) is 47.1 Å². The lowest BCUT2D eigenvalue weighted by Gasteiger charge is -2.15. The number of fused-ring (bicyclic) bond motifs is 1. The fourth-order valence-corrected chi connectivity index (χ4v) is 3.67. The number of hydrogen-bond donors (Lipinski definition) is 0. The zero-order valence-corrected chi connectivity index (χ0v) is 16.9. The van der Waals surface area contributed by atoms with Crippen LogP contribution in [-0.4, -0.2) is 23.2 Å². The Bertz CT molecular complexity index is 925. The molecular weight excluding hydrogens is 384 g/mol. The van der Waals surface area contributed by atoms with Gasteiger partial charge in [-0.1, -0.05) is 32.9 Å². The van der Waals surface area contributed by atoms with Crippen molar-refractivity contribution in [3.05, 3.63) is 34.3 Å². The van der Waals surface area contributed by atoms with Gasteiger partial charge in [0.15, 0.2) is 5.75 Å². The molecule has 7 heteroatoms. The zero-order valence-electron chi connectivity index (χ0n) is 15.4. The first kappa shape index (κ1) is 21.4. The molecule has 146 valence electrons. The van der Waals surface area contributed by atoms with Crippen LogP contribution in [-0.2, 0) is 4.89 Å². The molecule has 0 aliphatic heterocycles. The molecule has 2 heterocycles. The van der Waals surface area contributed by atoms with E-state index in [2.05, 4.69) is 19.2 Å². The SMILES string of the molecule is C.COOc1ccc2c(OC(C)C)cc(-c3nc(C(C)C)cs3)nc2c1Cl. The Morgan fingerprint density at radius 1 is 1.07 bits per heavy atom. The van der Waals surface area contributed by atoms with Crippen LogP contribution < -0.4 is 9.62 Å². The molecule has 0 atom stereocenters. The Balaban J connectivity index is 0.00000261. The molecule has 3 rings (SSSR count). The van der Waals surface area contributed by atoms with E-state index in [0.29, 0.717) is 28.0 Å². The van der Waals surface area contributed by atoms with E-state index < -0.39 is 0 Å². The lowest BCUT2D eigenvalue weighted by Crippen LogP contribution is -2.06. The summed E-state index contributed by atoms with van der Waals surface area (Å²) >= 11 is 8.06. The van der Waals surface area contributed by atoms with Crippen LogP contribution in [0.4, 0.5) is 0 Å². The third-order valence-corrected chi connectivity index (χ3v) is 4.96. The lowest BCUT2D eigenvalue weighted by atomic mass is 10.1. The van der Waals surface area contributed by atoms with Crippen LogP contribution in [0.15, 0.2) is 23.6 Å². The number of rotatable bonds is 6. The van der Waals surface area contributed by atoms with Gasteiger partial charge < -0.3 is 9.62 Å². The normalized spacial score (nSPS) is 11.1. The summed E-state index contributed by atoms with van der Waals surface area (Å²) in [7, 11) is 1.43. The summed E-state index contributed by atoms with van der Waals surface area (Å²) in [6, 6.07) is 5.52. The Morgan fingerprint density at radius 2 is 1.81 bits per heavy atom. The van der Waals surface area contributed by atoms with Gasteiger partial charge in [0, 0.05) is 16.8 Å². The van der Waals surface area contributed by atoms with E-state index in [1.165, 1.54) is 7.11 Å². The summed E-state index contributed by atoms with van der Waals surface area (Å²) in [5, 5.41) is 4.08. The minimum absolute atomic E-state index is 0. The van der Waals surface area contributed by atoms with Gasteiger partial charge in [-0.25, -0.2) is 9.97 Å². The number of pyridine rings is 1. The van der Waals surface area contributed by atoms with Gasteiger partial charge in [0.25, 0.3) is 0 Å². The molecular formula is C20H25ClN2O3S. The van der Waals surface area contributed by atoms with Gasteiger partial charge in [0.1, 0.15) is 21.5 Å². The van der Waals surface area contributed by atoms with Crippen LogP contribution in [0.5, 0.6) is 11.5 Å². The van der Waals surface area contributed by atoms with Crippen LogP contribution in [0.3, 0.4) is 0 Å². The van der Waals surface area contributed by atoms with E-state index in [0.717, 1.165) is 21.8 Å². The Hall–Kier alpha value is -1.89. The second kappa shape index (κ2) is 8.87. The first-order valence-electron chi connectivity index (χ1n) is 8.37. The molecule has 0 bridgehead atoms. The minimum Gasteiger partial charge on any atom is -0.490 e. The summed E-state index contributed by atoms with van der Waals surface area (Å²) in [5.74, 6) is 1.48. The Morgan fingerprint density at radius 3 is 2.41 bits per heavy atom. The summed E-state index contributed by atoms with van der Waals surface area (Å²) in [6.07, 6.45) is 0.0182. The molecule has 0 radical (unpaired) electrons. The number of hydrogen-bond acceptors (Lipinski definition) is 6. The molecule has 3 aromatic rings. The predicted octanol–water partition coefficient (Wildman–Crippen LogP) is 6.50. The maximum atomic E-state index is 6.50. The van der Waals surface area contributed by atoms with E-state index >= 15 is 0 Å². The molecule has 5 nitrogen and oxygen atoms in total. The second-order valence-corrected chi connectivity index (χ2v) is 7.66. The van der Waals surface area contributed by atoms with Gasteiger partial charge in [0.05, 0.1) is 24.4 Å². The zero-order chi connectivity index (χ0) is 18.8. The van der Waals surface area contributed by atoms with E-state index in [4.69, 9.17) is 36.1 Å². The quantitative estimate of drug-likeness (QED) is 0.344. The van der Waals surface area contributed by atoms with Crippen LogP contribution in [0.2, 0.25) is 5.02 Å². The molecule has 0 N–H and O–H groups in total. The molecule has 27 heavy (non-hydrogen) atoms. The molecule has 0 aliphatic rings. The van der Waals surface area contributed by atoms with Gasteiger partial charge in [0.2, 0.25) is 0 Å². The van der Waals surface area contributed by atoms with Crippen molar-refractivity contribution in [1.29, 1.82) is 0 Å². The monoisotopic (exact) mass is 408 g/mol. The van der Waals surface area contributed by atoms with Crippen molar-refractivity contribution < 1.29 is 14.5 Å². The van der Waals surface area contributed by atoms with Gasteiger partial charge >= 0.3 is 0 Å². The molecule has 0 spiro atoms. The molecule has 0 amide bonds. The van der Waals surface area contributed by atoms with Gasteiger partial charge in [-0.2, -0.15) is 4.89 Å². The second-order valence-electron chi connectivity index (χ2n) is 6.43. The summed E-state index contributed by atoms with van der Waals surface area (Å²) in [5.41, 5.74) is 2.36. The van der Waals surface area contributed by atoms with Crippen LogP contribution >= 0.6 is 22.9 Å². The smallest absolute Gasteiger partial charge is 0.186 e. The highest BCUT2D eigenvalue weighted by Gasteiger charge is 2.18. The van der Waals surface area contributed by atoms with Crippen molar-refractivity contribution in [2.24, 2.45) is 0 Å². The molecule has 2 aromatic heterocycles. The van der Waals surface area contributed by atoms with Crippen molar-refractivity contribution in [1.82, 2.24) is 9.97 Å². The average Bonchev–Trinajstić information content (AvgIpc) is 3.07. The van der Waals surface area contributed by atoms with E-state index in [-0.39, 0.29) is 13.5 Å². The van der Waals surface area contributed by atoms with Gasteiger partial charge in [-0.15, -0.1) is 11.3 Å². The molecule has 0 aliphatic carbocycles. The molecule has 0 unspecified atom stereocenters. The number of nitrogens with zero attached hydrogens (tertiary/aromatic N) is 2. The number of benzene rings is 1. The van der Waals surface area contributed by atoms with Crippen molar-refractivity contribution in [3.63, 3.8) is 0 Å².